The van der Waals surface area contributed by atoms with E-state index in [0.717, 1.165) is 58.5 Å². The Kier molecular flexibility index (Phi) is 20.5. The van der Waals surface area contributed by atoms with E-state index in [4.69, 9.17) is 0 Å². The molecule has 0 saturated heterocycles. The van der Waals surface area contributed by atoms with E-state index >= 15 is 0 Å². The number of hydrogen-bond acceptors (Lipinski definition) is 3. The summed E-state index contributed by atoms with van der Waals surface area (Å²) in [5, 5.41) is 0. The van der Waals surface area contributed by atoms with Gasteiger partial charge in [-0.2, -0.15) is 0 Å². The number of hydrogen-bond donors (Lipinski definition) is 0. The van der Waals surface area contributed by atoms with Crippen LogP contribution in [0.3, 0.4) is 0 Å². The van der Waals surface area contributed by atoms with Crippen molar-refractivity contribution in [2.75, 3.05) is 7.05 Å². The van der Waals surface area contributed by atoms with Gasteiger partial charge in [0.05, 0.1) is 13.1 Å². The van der Waals surface area contributed by atoms with E-state index in [1.807, 2.05) is 13.8 Å². The summed E-state index contributed by atoms with van der Waals surface area (Å²) in [5.74, 6) is 9.08. The van der Waals surface area contributed by atoms with Crippen LogP contribution >= 0.6 is 0 Å². The maximum absolute atomic E-state index is 3.16. The molecule has 80 heavy (non-hydrogen) atoms. The highest BCUT2D eigenvalue weighted by molar-refractivity contribution is 5.72. The molecule has 0 spiro atoms. The molecule has 0 bridgehead atoms. The van der Waals surface area contributed by atoms with Gasteiger partial charge in [0.15, 0.2) is 0 Å². The molecular weight excluding hydrogens is 967 g/mol. The Morgan fingerprint density at radius 3 is 1.11 bits per heavy atom. The first-order chi connectivity index (χ1) is 38.2. The summed E-state index contributed by atoms with van der Waals surface area (Å²) >= 11 is 0. The van der Waals surface area contributed by atoms with Gasteiger partial charge < -0.3 is 9.80 Å². The normalized spacial score (nSPS) is 14.5. The number of rotatable bonds is 2. The van der Waals surface area contributed by atoms with Gasteiger partial charge in [-0.05, 0) is 289 Å². The van der Waals surface area contributed by atoms with Crippen LogP contribution in [0.25, 0.3) is 18.2 Å². The van der Waals surface area contributed by atoms with Gasteiger partial charge in [0.2, 0.25) is 0 Å². The molecule has 3 nitrogen and oxygen atoms in total. The molecule has 0 atom stereocenters. The van der Waals surface area contributed by atoms with Crippen molar-refractivity contribution in [1.82, 2.24) is 14.7 Å². The molecule has 0 saturated carbocycles. The molecule has 3 heteroatoms. The molecule has 6 aliphatic rings. The molecule has 6 aromatic rings. The Bertz CT molecular complexity index is 3430. The third-order valence-corrected chi connectivity index (χ3v) is 16.9. The Balaban J connectivity index is 0.000000139. The molecule has 0 unspecified atom stereocenters. The van der Waals surface area contributed by atoms with Crippen molar-refractivity contribution in [1.29, 1.82) is 0 Å². The largest absolute Gasteiger partial charge is 0.369 e. The summed E-state index contributed by atoms with van der Waals surface area (Å²) in [5.41, 5.74) is 39.0. The average molecular weight is 1060 g/mol. The van der Waals surface area contributed by atoms with E-state index in [1.165, 1.54) is 139 Å². The maximum atomic E-state index is 3.16. The number of aryl methyl sites for hydroxylation is 12. The molecule has 0 radical (unpaired) electrons. The van der Waals surface area contributed by atoms with Gasteiger partial charge in [0.1, 0.15) is 0 Å². The van der Waals surface area contributed by atoms with Crippen LogP contribution in [0.2, 0.25) is 0 Å². The van der Waals surface area contributed by atoms with E-state index in [0.29, 0.717) is 0 Å². The summed E-state index contributed by atoms with van der Waals surface area (Å²) in [6.07, 6.45) is 18.7. The molecule has 0 fully saturated rings. The van der Waals surface area contributed by atoms with Crippen LogP contribution in [0.5, 0.6) is 0 Å². The highest BCUT2D eigenvalue weighted by atomic mass is 15.1. The first kappa shape index (κ1) is 60.3. The Morgan fingerprint density at radius 1 is 0.375 bits per heavy atom. The lowest BCUT2D eigenvalue weighted by atomic mass is 9.99. The number of nitrogens with zero attached hydrogens (tertiary/aromatic N) is 3. The van der Waals surface area contributed by atoms with Crippen molar-refractivity contribution >= 4 is 18.2 Å². The monoisotopic (exact) mass is 1060 g/mol. The van der Waals surface area contributed by atoms with Crippen LogP contribution < -0.4 is 0 Å². The van der Waals surface area contributed by atoms with Crippen LogP contribution in [-0.2, 0) is 58.5 Å². The molecule has 3 heterocycles. The predicted molar refractivity (Wildman–Crippen MR) is 346 cm³/mol. The summed E-state index contributed by atoms with van der Waals surface area (Å²) < 4.78 is 0. The highest BCUT2D eigenvalue weighted by Crippen LogP contribution is 2.34. The number of allylic oxidation sites excluding steroid dienone is 6. The fourth-order valence-electron chi connectivity index (χ4n) is 12.1. The van der Waals surface area contributed by atoms with E-state index in [-0.39, 0.29) is 0 Å². The molecule has 12 rings (SSSR count). The number of benzene rings is 6. The molecule has 0 N–H and O–H groups in total. The van der Waals surface area contributed by atoms with Gasteiger partial charge in [-0.3, -0.25) is 4.90 Å². The number of fused-ring (bicyclic) bond motifs is 6. The predicted octanol–water partition coefficient (Wildman–Crippen LogP) is 18.3. The van der Waals surface area contributed by atoms with Gasteiger partial charge in [-0.15, -0.1) is 5.92 Å². The van der Waals surface area contributed by atoms with Crippen LogP contribution in [-0.4, -0.2) is 21.7 Å². The zero-order valence-electron chi connectivity index (χ0n) is 52.2. The minimum Gasteiger partial charge on any atom is -0.369 e. The lowest BCUT2D eigenvalue weighted by molar-refractivity contribution is 0.352. The minimum atomic E-state index is 0.990. The van der Waals surface area contributed by atoms with Crippen molar-refractivity contribution in [2.45, 2.75) is 176 Å². The second-order valence-electron chi connectivity index (χ2n) is 23.3. The first-order valence-corrected chi connectivity index (χ1v) is 29.1. The highest BCUT2D eigenvalue weighted by Gasteiger charge is 2.22. The molecule has 3 aliphatic heterocycles. The second-order valence-corrected chi connectivity index (χ2v) is 23.3. The van der Waals surface area contributed by atoms with E-state index in [2.05, 4.69) is 265 Å². The first-order valence-electron chi connectivity index (χ1n) is 29.1. The average Bonchev–Trinajstić information content (AvgIpc) is 4.31. The van der Waals surface area contributed by atoms with Crippen LogP contribution in [0.1, 0.15) is 168 Å². The Labute approximate surface area is 485 Å². The molecule has 3 aliphatic carbocycles. The smallest absolute Gasteiger partial charge is 0.0521 e. The van der Waals surface area contributed by atoms with Crippen LogP contribution in [0, 0.1) is 107 Å². The van der Waals surface area contributed by atoms with E-state index < -0.39 is 0 Å². The summed E-state index contributed by atoms with van der Waals surface area (Å²) in [4.78, 5) is 6.92. The molecule has 6 aromatic carbocycles. The lowest BCUT2D eigenvalue weighted by Crippen LogP contribution is -2.07. The zero-order valence-corrected chi connectivity index (χ0v) is 52.2. The van der Waals surface area contributed by atoms with E-state index in [1.54, 1.807) is 11.1 Å². The Morgan fingerprint density at radius 2 is 0.738 bits per heavy atom. The summed E-state index contributed by atoms with van der Waals surface area (Å²) in [6.45, 7) is 42.8. The Hall–Kier alpha value is -7.30. The molecule has 414 valence electrons. The summed E-state index contributed by atoms with van der Waals surface area (Å²) in [7, 11) is 2.18. The van der Waals surface area contributed by atoms with Crippen LogP contribution in [0.15, 0.2) is 114 Å². The van der Waals surface area contributed by atoms with Gasteiger partial charge in [0, 0.05) is 44.2 Å². The van der Waals surface area contributed by atoms with Gasteiger partial charge in [-0.25, -0.2) is 0 Å². The van der Waals surface area contributed by atoms with E-state index in [9.17, 15) is 0 Å². The van der Waals surface area contributed by atoms with Crippen LogP contribution in [0.4, 0.5) is 0 Å². The topological polar surface area (TPSA) is 9.72 Å². The quantitative estimate of drug-likeness (QED) is 0.160. The fraction of sp³-hybridized carbons (Fsp3) is 0.351. The third-order valence-electron chi connectivity index (χ3n) is 16.9. The van der Waals surface area contributed by atoms with Crippen molar-refractivity contribution in [3.8, 4) is 23.8 Å². The SMILES string of the molecule is C/C=C/C1=Cc2c(C)ccc(C)c2C1.C/C=C/N1Cc2c(C)ccc(C)c2C1.CC#CC1=Cc2c(C)ccc(C)c2C1.CC#CN1Cc2c(C)ccc(C)c2C1.CC1=Cc2c(C)ccc(C)c2C1.Cc1ccc(C)c2c1CN(C)C2. The van der Waals surface area contributed by atoms with Gasteiger partial charge in [0.25, 0.3) is 0 Å². The molecule has 0 aromatic heterocycles. The van der Waals surface area contributed by atoms with Gasteiger partial charge in [-0.1, -0.05) is 121 Å². The summed E-state index contributed by atoms with van der Waals surface area (Å²) in [6, 6.07) is 29.7. The van der Waals surface area contributed by atoms with Crippen molar-refractivity contribution in [2.24, 2.45) is 0 Å². The maximum Gasteiger partial charge on any atom is 0.0521 e. The molecular formula is C77H91N3. The van der Waals surface area contributed by atoms with Crippen molar-refractivity contribution in [3.63, 3.8) is 0 Å². The molecule has 0 amide bonds. The minimum absolute atomic E-state index is 0.990. The second kappa shape index (κ2) is 27.2. The van der Waals surface area contributed by atoms with Crippen molar-refractivity contribution in [3.05, 3.63) is 247 Å². The zero-order chi connectivity index (χ0) is 57.9. The standard InChI is InChI=1S/C14H16.C14H14.C13H17N.C13H15N.C12H14.C11H15N/c2*1-4-5-12-8-13-10(2)6-7-11(3)14(13)9-12;2*1-4-7-14-8-12-10(2)5-6-11(3)13(12)9-14;1-8-6-11-9(2)4-5-10(3)12(11)7-8;1-8-4-5-9(2)11-7-12(3)6-10(8)11/h4-8H,9H2,1-3H3;6-8H,9H2,1-3H3;4-7H,8-9H2,1-3H3;5-6H,8-9H2,1-3H3;4-6H,7H2,1-3H3;4-5H,6-7H2,1-3H3/b5-4+;;7-4+;;;. The van der Waals surface area contributed by atoms with Crippen molar-refractivity contribution < 1.29 is 0 Å². The lowest BCUT2D eigenvalue weighted by Gasteiger charge is -2.10. The fourth-order valence-corrected chi connectivity index (χ4v) is 12.1. The van der Waals surface area contributed by atoms with Gasteiger partial charge >= 0.3 is 0 Å². The third kappa shape index (κ3) is 14.4.